The summed E-state index contributed by atoms with van der Waals surface area (Å²) in [6.07, 6.45) is 0. The van der Waals surface area contributed by atoms with Crippen molar-refractivity contribution in [2.45, 2.75) is 6.04 Å². The van der Waals surface area contributed by atoms with Crippen molar-refractivity contribution in [3.05, 3.63) is 35.1 Å². The van der Waals surface area contributed by atoms with Gasteiger partial charge in [-0.1, -0.05) is 6.07 Å². The Balaban J connectivity index is 0.00000180. The largest absolute Gasteiger partial charge is 0.314 e. The summed E-state index contributed by atoms with van der Waals surface area (Å²) in [5.41, 5.74) is -0.127. The minimum atomic E-state index is -1.54. The summed E-state index contributed by atoms with van der Waals surface area (Å²) >= 11 is 0. The Hall–Kier alpha value is -0.560. The number of benzene rings is 1. The van der Waals surface area contributed by atoms with Crippen LogP contribution in [0.25, 0.3) is 0 Å². The number of nitrogens with zero attached hydrogens (tertiary/aromatic N) is 1. The van der Waals surface area contributed by atoms with Gasteiger partial charge in [0.25, 0.3) is 0 Å². The van der Waals surface area contributed by atoms with Crippen LogP contribution in [0.1, 0.15) is 11.6 Å². The van der Waals surface area contributed by atoms with Gasteiger partial charge in [-0.2, -0.15) is 0 Å². The zero-order valence-electron chi connectivity index (χ0n) is 10.5. The highest BCUT2D eigenvalue weighted by atomic mass is 35.5. The van der Waals surface area contributed by atoms with Crippen molar-refractivity contribution in [1.82, 2.24) is 10.2 Å². The molecule has 1 aromatic rings. The first-order valence-electron chi connectivity index (χ1n) is 5.79. The van der Waals surface area contributed by atoms with Crippen LogP contribution in [0.5, 0.6) is 0 Å². The van der Waals surface area contributed by atoms with Gasteiger partial charge >= 0.3 is 0 Å². The highest BCUT2D eigenvalue weighted by Gasteiger charge is 2.26. The standard InChI is InChI=1S/C12H14F4N2.2ClH/c13-7-10(18-5-3-17-4-6-18)8-1-2-9(14)12(16)11(8)15;;/h1-2,10,17H,3-7H2;2*1H/t10-;;/m0../s1. The van der Waals surface area contributed by atoms with Gasteiger partial charge in [0.2, 0.25) is 0 Å². The van der Waals surface area contributed by atoms with Crippen LogP contribution in [0.3, 0.4) is 0 Å². The molecule has 0 aliphatic carbocycles. The molecular formula is C12H16Cl2F4N2. The lowest BCUT2D eigenvalue weighted by Gasteiger charge is -2.33. The average molecular weight is 335 g/mol. The third-order valence-corrected chi connectivity index (χ3v) is 3.16. The number of halogens is 6. The molecule has 20 heavy (non-hydrogen) atoms. The lowest BCUT2D eigenvalue weighted by molar-refractivity contribution is 0.143. The molecule has 0 saturated carbocycles. The SMILES string of the molecule is Cl.Cl.FC[C@@H](c1ccc(F)c(F)c1F)N1CCNCC1. The van der Waals surface area contributed by atoms with Gasteiger partial charge < -0.3 is 5.32 Å². The summed E-state index contributed by atoms with van der Waals surface area (Å²) in [7, 11) is 0. The zero-order valence-corrected chi connectivity index (χ0v) is 12.2. The zero-order chi connectivity index (χ0) is 13.1. The minimum Gasteiger partial charge on any atom is -0.314 e. The molecule has 1 aromatic carbocycles. The Labute approximate surface area is 127 Å². The molecule has 1 aliphatic rings. The van der Waals surface area contributed by atoms with Crippen molar-refractivity contribution in [3.63, 3.8) is 0 Å². The molecule has 8 heteroatoms. The maximum absolute atomic E-state index is 13.6. The van der Waals surface area contributed by atoms with E-state index in [2.05, 4.69) is 5.32 Å². The molecule has 0 aromatic heterocycles. The summed E-state index contributed by atoms with van der Waals surface area (Å²) < 4.78 is 52.7. The summed E-state index contributed by atoms with van der Waals surface area (Å²) in [5.74, 6) is -4.09. The van der Waals surface area contributed by atoms with E-state index < -0.39 is 30.2 Å². The monoisotopic (exact) mass is 334 g/mol. The maximum atomic E-state index is 13.6. The second-order valence-electron chi connectivity index (χ2n) is 4.22. The van der Waals surface area contributed by atoms with Crippen LogP contribution in [0.15, 0.2) is 12.1 Å². The Morgan fingerprint density at radius 1 is 1.05 bits per heavy atom. The smallest absolute Gasteiger partial charge is 0.194 e. The van der Waals surface area contributed by atoms with Gasteiger partial charge in [-0.3, -0.25) is 4.90 Å². The Morgan fingerprint density at radius 2 is 1.65 bits per heavy atom. The fourth-order valence-electron chi connectivity index (χ4n) is 2.17. The van der Waals surface area contributed by atoms with Crippen molar-refractivity contribution in [1.29, 1.82) is 0 Å². The second-order valence-corrected chi connectivity index (χ2v) is 4.22. The van der Waals surface area contributed by atoms with Crippen LogP contribution in [-0.4, -0.2) is 37.8 Å². The third-order valence-electron chi connectivity index (χ3n) is 3.16. The van der Waals surface area contributed by atoms with Crippen LogP contribution in [-0.2, 0) is 0 Å². The molecule has 1 heterocycles. The van der Waals surface area contributed by atoms with Crippen molar-refractivity contribution in [2.24, 2.45) is 0 Å². The second kappa shape index (κ2) is 8.67. The van der Waals surface area contributed by atoms with E-state index in [1.807, 2.05) is 0 Å². The highest BCUT2D eigenvalue weighted by Crippen LogP contribution is 2.26. The van der Waals surface area contributed by atoms with Crippen molar-refractivity contribution >= 4 is 24.8 Å². The van der Waals surface area contributed by atoms with E-state index in [1.54, 1.807) is 4.90 Å². The van der Waals surface area contributed by atoms with Gasteiger partial charge in [0.15, 0.2) is 17.5 Å². The van der Waals surface area contributed by atoms with Gasteiger partial charge in [0.05, 0.1) is 6.04 Å². The van der Waals surface area contributed by atoms with Gasteiger partial charge in [-0.05, 0) is 6.07 Å². The van der Waals surface area contributed by atoms with E-state index in [-0.39, 0.29) is 30.4 Å². The molecule has 1 N–H and O–H groups in total. The predicted octanol–water partition coefficient (Wildman–Crippen LogP) is 2.86. The number of rotatable bonds is 3. The Morgan fingerprint density at radius 3 is 2.20 bits per heavy atom. The third kappa shape index (κ3) is 3.97. The fraction of sp³-hybridized carbons (Fsp3) is 0.500. The molecule has 0 spiro atoms. The Bertz CT molecular complexity index is 428. The molecule has 2 nitrogen and oxygen atoms in total. The van der Waals surface area contributed by atoms with Crippen LogP contribution in [0.2, 0.25) is 0 Å². The maximum Gasteiger partial charge on any atom is 0.194 e. The van der Waals surface area contributed by atoms with E-state index >= 15 is 0 Å². The molecule has 2 rings (SSSR count). The van der Waals surface area contributed by atoms with Crippen LogP contribution in [0, 0.1) is 17.5 Å². The van der Waals surface area contributed by atoms with E-state index in [4.69, 9.17) is 0 Å². The van der Waals surface area contributed by atoms with Gasteiger partial charge in [-0.15, -0.1) is 24.8 Å². The summed E-state index contributed by atoms with van der Waals surface area (Å²) in [5, 5.41) is 3.09. The van der Waals surface area contributed by atoms with Gasteiger partial charge in [-0.25, -0.2) is 17.6 Å². The number of hydrogen-bond acceptors (Lipinski definition) is 2. The van der Waals surface area contributed by atoms with E-state index in [1.165, 1.54) is 0 Å². The fourth-order valence-corrected chi connectivity index (χ4v) is 2.17. The molecular weight excluding hydrogens is 319 g/mol. The summed E-state index contributed by atoms with van der Waals surface area (Å²) in [4.78, 5) is 1.73. The molecule has 1 fully saturated rings. The molecule has 0 radical (unpaired) electrons. The van der Waals surface area contributed by atoms with Crippen molar-refractivity contribution in [3.8, 4) is 0 Å². The lowest BCUT2D eigenvalue weighted by Crippen LogP contribution is -2.46. The first kappa shape index (κ1) is 19.4. The number of alkyl halides is 1. The molecule has 116 valence electrons. The summed E-state index contributed by atoms with van der Waals surface area (Å²) in [6, 6.07) is 1.08. The number of hydrogen-bond donors (Lipinski definition) is 1. The molecule has 1 aliphatic heterocycles. The van der Waals surface area contributed by atoms with Crippen LogP contribution in [0.4, 0.5) is 17.6 Å². The van der Waals surface area contributed by atoms with Gasteiger partial charge in [0, 0.05) is 31.7 Å². The topological polar surface area (TPSA) is 15.3 Å². The first-order chi connectivity index (χ1) is 8.65. The number of piperazine rings is 1. The van der Waals surface area contributed by atoms with E-state index in [0.29, 0.717) is 26.2 Å². The normalized spacial score (nSPS) is 17.0. The molecule has 1 saturated heterocycles. The first-order valence-corrected chi connectivity index (χ1v) is 5.79. The van der Waals surface area contributed by atoms with Crippen molar-refractivity contribution < 1.29 is 17.6 Å². The van der Waals surface area contributed by atoms with Crippen LogP contribution < -0.4 is 5.32 Å². The minimum absolute atomic E-state index is 0. The quantitative estimate of drug-likeness (QED) is 0.675. The van der Waals surface area contributed by atoms with Crippen LogP contribution >= 0.6 is 24.8 Å². The average Bonchev–Trinajstić information content (AvgIpc) is 2.41. The summed E-state index contributed by atoms with van der Waals surface area (Å²) in [6.45, 7) is 1.60. The van der Waals surface area contributed by atoms with Crippen molar-refractivity contribution in [2.75, 3.05) is 32.9 Å². The molecule has 0 amide bonds. The molecule has 0 bridgehead atoms. The van der Waals surface area contributed by atoms with E-state index in [0.717, 1.165) is 12.1 Å². The predicted molar refractivity (Wildman–Crippen MR) is 74.0 cm³/mol. The highest BCUT2D eigenvalue weighted by molar-refractivity contribution is 5.85. The van der Waals surface area contributed by atoms with Gasteiger partial charge in [0.1, 0.15) is 6.67 Å². The lowest BCUT2D eigenvalue weighted by atomic mass is 10.0. The molecule has 1 atom stereocenters. The molecule has 0 unspecified atom stereocenters. The van der Waals surface area contributed by atoms with E-state index in [9.17, 15) is 17.6 Å². The number of nitrogens with one attached hydrogen (secondary N) is 1. The Kier molecular flexibility index (Phi) is 8.42.